The van der Waals surface area contributed by atoms with Crippen molar-refractivity contribution in [2.75, 3.05) is 13.2 Å². The van der Waals surface area contributed by atoms with E-state index in [9.17, 15) is 0 Å². The summed E-state index contributed by atoms with van der Waals surface area (Å²) in [4.78, 5) is 0. The summed E-state index contributed by atoms with van der Waals surface area (Å²) in [6.07, 6.45) is 0.950. The Labute approximate surface area is 77.5 Å². The van der Waals surface area contributed by atoms with Crippen LogP contribution in [-0.2, 0) is 6.54 Å². The average molecular weight is 180 g/mol. The van der Waals surface area contributed by atoms with Gasteiger partial charge in [-0.15, -0.1) is 0 Å². The molecule has 0 amide bonds. The predicted molar refractivity (Wildman–Crippen MR) is 48.6 cm³/mol. The number of hydrogen-bond acceptors (Lipinski definition) is 2. The second-order valence-electron chi connectivity index (χ2n) is 3.04. The fourth-order valence-electron chi connectivity index (χ4n) is 1.45. The van der Waals surface area contributed by atoms with Gasteiger partial charge in [0.05, 0.1) is 18.8 Å². The first kappa shape index (κ1) is 8.38. The summed E-state index contributed by atoms with van der Waals surface area (Å²) in [7, 11) is 0. The summed E-state index contributed by atoms with van der Waals surface area (Å²) < 4.78 is 11.1. The van der Waals surface area contributed by atoms with Crippen LogP contribution in [0.3, 0.4) is 0 Å². The average Bonchev–Trinajstić information content (AvgIpc) is 2.41. The second-order valence-corrected chi connectivity index (χ2v) is 3.04. The molecule has 3 N–H and O–H groups in total. The maximum absolute atomic E-state index is 5.61. The molecule has 1 aliphatic heterocycles. The minimum absolute atomic E-state index is 0.740. The Morgan fingerprint density at radius 1 is 1.23 bits per heavy atom. The highest BCUT2D eigenvalue weighted by Crippen LogP contribution is 2.32. The maximum atomic E-state index is 5.61. The standard InChI is InChI=1S/C10H13NO2/c11-7-8-3-1-4-9-10(8)13-6-2-5-12-9/h1,3-4H,2,5-7,11H2/p+1. The molecule has 0 bridgehead atoms. The lowest BCUT2D eigenvalue weighted by molar-refractivity contribution is -0.386. The molecule has 0 atom stereocenters. The van der Waals surface area contributed by atoms with Crippen molar-refractivity contribution in [1.82, 2.24) is 0 Å². The van der Waals surface area contributed by atoms with Crippen LogP contribution in [0, 0.1) is 0 Å². The normalized spacial score (nSPS) is 15.2. The molecule has 0 saturated heterocycles. The molecule has 0 spiro atoms. The molecule has 1 aromatic rings. The van der Waals surface area contributed by atoms with Gasteiger partial charge >= 0.3 is 0 Å². The van der Waals surface area contributed by atoms with Crippen LogP contribution in [-0.4, -0.2) is 13.2 Å². The fraction of sp³-hybridized carbons (Fsp3) is 0.400. The number of benzene rings is 1. The molecule has 1 aromatic carbocycles. The molecule has 0 saturated carbocycles. The predicted octanol–water partition coefficient (Wildman–Crippen LogP) is 0.590. The molecule has 1 aliphatic rings. The van der Waals surface area contributed by atoms with E-state index in [1.165, 1.54) is 0 Å². The lowest BCUT2D eigenvalue weighted by Crippen LogP contribution is -2.47. The zero-order valence-electron chi connectivity index (χ0n) is 7.58. The Hall–Kier alpha value is -1.22. The second kappa shape index (κ2) is 3.66. The van der Waals surface area contributed by atoms with Crippen LogP contribution >= 0.6 is 0 Å². The Kier molecular flexibility index (Phi) is 2.36. The smallest absolute Gasteiger partial charge is 0.169 e. The first-order valence-corrected chi connectivity index (χ1v) is 4.58. The van der Waals surface area contributed by atoms with Gasteiger partial charge in [-0.05, 0) is 12.1 Å². The first-order chi connectivity index (χ1) is 6.42. The van der Waals surface area contributed by atoms with Crippen LogP contribution in [0.1, 0.15) is 12.0 Å². The van der Waals surface area contributed by atoms with E-state index in [-0.39, 0.29) is 0 Å². The van der Waals surface area contributed by atoms with Crippen molar-refractivity contribution in [1.29, 1.82) is 0 Å². The molecule has 1 heterocycles. The van der Waals surface area contributed by atoms with Crippen molar-refractivity contribution in [3.05, 3.63) is 23.8 Å². The minimum atomic E-state index is 0.740. The van der Waals surface area contributed by atoms with E-state index < -0.39 is 0 Å². The molecule has 0 radical (unpaired) electrons. The van der Waals surface area contributed by atoms with Crippen molar-refractivity contribution in [2.24, 2.45) is 0 Å². The first-order valence-electron chi connectivity index (χ1n) is 4.58. The number of para-hydroxylation sites is 1. The minimum Gasteiger partial charge on any atom is -0.490 e. The van der Waals surface area contributed by atoms with Crippen molar-refractivity contribution in [2.45, 2.75) is 13.0 Å². The van der Waals surface area contributed by atoms with Gasteiger partial charge < -0.3 is 15.2 Å². The van der Waals surface area contributed by atoms with Gasteiger partial charge in [-0.2, -0.15) is 0 Å². The zero-order valence-corrected chi connectivity index (χ0v) is 7.58. The van der Waals surface area contributed by atoms with Crippen LogP contribution in [0.2, 0.25) is 0 Å². The summed E-state index contributed by atoms with van der Waals surface area (Å²) in [6, 6.07) is 5.95. The van der Waals surface area contributed by atoms with E-state index in [4.69, 9.17) is 9.47 Å². The van der Waals surface area contributed by atoms with Crippen LogP contribution in [0.15, 0.2) is 18.2 Å². The fourth-order valence-corrected chi connectivity index (χ4v) is 1.45. The van der Waals surface area contributed by atoms with Crippen molar-refractivity contribution in [3.8, 4) is 11.5 Å². The largest absolute Gasteiger partial charge is 0.490 e. The van der Waals surface area contributed by atoms with Gasteiger partial charge in [0.15, 0.2) is 11.5 Å². The maximum Gasteiger partial charge on any atom is 0.169 e. The lowest BCUT2D eigenvalue weighted by atomic mass is 10.2. The Morgan fingerprint density at radius 3 is 2.92 bits per heavy atom. The van der Waals surface area contributed by atoms with Crippen LogP contribution < -0.4 is 15.2 Å². The molecule has 3 nitrogen and oxygen atoms in total. The van der Waals surface area contributed by atoms with Gasteiger partial charge in [-0.25, -0.2) is 0 Å². The quantitative estimate of drug-likeness (QED) is 0.687. The Bertz CT molecular complexity index is 299. The van der Waals surface area contributed by atoms with Gasteiger partial charge in [0.25, 0.3) is 0 Å². The molecular formula is C10H14NO2+. The summed E-state index contributed by atoms with van der Waals surface area (Å²) in [6.45, 7) is 2.23. The van der Waals surface area contributed by atoms with E-state index in [1.807, 2.05) is 18.2 Å². The highest BCUT2D eigenvalue weighted by atomic mass is 16.5. The molecule has 0 unspecified atom stereocenters. The van der Waals surface area contributed by atoms with Crippen LogP contribution in [0.5, 0.6) is 11.5 Å². The van der Waals surface area contributed by atoms with Gasteiger partial charge in [-0.3, -0.25) is 0 Å². The third kappa shape index (κ3) is 1.60. The highest BCUT2D eigenvalue weighted by molar-refractivity contribution is 5.46. The van der Waals surface area contributed by atoms with Crippen molar-refractivity contribution >= 4 is 0 Å². The molecule has 70 valence electrons. The molecular weight excluding hydrogens is 166 g/mol. The van der Waals surface area contributed by atoms with Crippen LogP contribution in [0.25, 0.3) is 0 Å². The number of hydrogen-bond donors (Lipinski definition) is 1. The van der Waals surface area contributed by atoms with Gasteiger partial charge in [0, 0.05) is 6.42 Å². The summed E-state index contributed by atoms with van der Waals surface area (Å²) in [5.41, 5.74) is 4.98. The molecule has 0 aliphatic carbocycles. The highest BCUT2D eigenvalue weighted by Gasteiger charge is 2.13. The van der Waals surface area contributed by atoms with E-state index >= 15 is 0 Å². The SMILES string of the molecule is [NH3+]Cc1cccc2c1OCCCO2. The van der Waals surface area contributed by atoms with Crippen molar-refractivity contribution in [3.63, 3.8) is 0 Å². The molecule has 3 heteroatoms. The van der Waals surface area contributed by atoms with E-state index in [0.29, 0.717) is 0 Å². The number of quaternary nitrogens is 1. The lowest BCUT2D eigenvalue weighted by Gasteiger charge is -2.09. The molecule has 2 rings (SSSR count). The Balaban J connectivity index is 2.40. The third-order valence-electron chi connectivity index (χ3n) is 2.12. The monoisotopic (exact) mass is 180 g/mol. The summed E-state index contributed by atoms with van der Waals surface area (Å²) in [5.74, 6) is 1.74. The van der Waals surface area contributed by atoms with Gasteiger partial charge in [0.2, 0.25) is 0 Å². The summed E-state index contributed by atoms with van der Waals surface area (Å²) >= 11 is 0. The van der Waals surface area contributed by atoms with Gasteiger partial charge in [-0.1, -0.05) is 6.07 Å². The summed E-state index contributed by atoms with van der Waals surface area (Å²) in [5, 5.41) is 0. The van der Waals surface area contributed by atoms with Crippen LogP contribution in [0.4, 0.5) is 0 Å². The van der Waals surface area contributed by atoms with Crippen molar-refractivity contribution < 1.29 is 15.2 Å². The molecule has 0 aromatic heterocycles. The van der Waals surface area contributed by atoms with E-state index in [0.717, 1.165) is 43.2 Å². The zero-order chi connectivity index (χ0) is 9.10. The van der Waals surface area contributed by atoms with E-state index in [2.05, 4.69) is 5.73 Å². The number of ether oxygens (including phenoxy) is 2. The number of rotatable bonds is 1. The van der Waals surface area contributed by atoms with E-state index in [1.54, 1.807) is 0 Å². The molecule has 13 heavy (non-hydrogen) atoms. The van der Waals surface area contributed by atoms with Gasteiger partial charge in [0.1, 0.15) is 6.54 Å². The topological polar surface area (TPSA) is 46.1 Å². The molecule has 0 fully saturated rings. The third-order valence-corrected chi connectivity index (χ3v) is 2.12. The Morgan fingerprint density at radius 2 is 2.08 bits per heavy atom. The number of fused-ring (bicyclic) bond motifs is 1.